The Labute approximate surface area is 117 Å². The fraction of sp³-hybridized carbons (Fsp3) is 0.250. The highest BCUT2D eigenvalue weighted by molar-refractivity contribution is 5.94. The fourth-order valence-corrected chi connectivity index (χ4v) is 1.80. The second kappa shape index (κ2) is 6.80. The number of hydrogen-bond donors (Lipinski definition) is 1. The lowest BCUT2D eigenvalue weighted by atomic mass is 10.1. The van der Waals surface area contributed by atoms with E-state index in [1.165, 1.54) is 12.1 Å². The Morgan fingerprint density at radius 2 is 1.95 bits per heavy atom. The molecule has 2 rings (SSSR count). The molecule has 0 spiro atoms. The van der Waals surface area contributed by atoms with Gasteiger partial charge in [-0.1, -0.05) is 13.3 Å². The highest BCUT2D eigenvalue weighted by Crippen LogP contribution is 2.17. The molecule has 104 valence electrons. The zero-order chi connectivity index (χ0) is 14.4. The summed E-state index contributed by atoms with van der Waals surface area (Å²) >= 11 is 0. The van der Waals surface area contributed by atoms with Crippen molar-refractivity contribution in [2.45, 2.75) is 19.8 Å². The zero-order valence-corrected chi connectivity index (χ0v) is 11.4. The minimum Gasteiger partial charge on any atom is -0.352 e. The molecule has 1 aromatic heterocycles. The van der Waals surface area contributed by atoms with Gasteiger partial charge in [0.1, 0.15) is 5.82 Å². The number of nitrogens with zero attached hydrogens (tertiary/aromatic N) is 1. The van der Waals surface area contributed by atoms with Gasteiger partial charge in [-0.3, -0.25) is 9.78 Å². The fourth-order valence-electron chi connectivity index (χ4n) is 1.80. The molecule has 0 saturated carbocycles. The third-order valence-corrected chi connectivity index (χ3v) is 2.98. The lowest BCUT2D eigenvalue weighted by Gasteiger charge is -2.05. The Morgan fingerprint density at radius 3 is 2.55 bits per heavy atom. The number of pyridine rings is 1. The van der Waals surface area contributed by atoms with E-state index in [0.29, 0.717) is 12.1 Å². The summed E-state index contributed by atoms with van der Waals surface area (Å²) in [6, 6.07) is 9.61. The molecule has 20 heavy (non-hydrogen) atoms. The van der Waals surface area contributed by atoms with E-state index in [-0.39, 0.29) is 11.7 Å². The van der Waals surface area contributed by atoms with Crippen LogP contribution in [0.25, 0.3) is 11.3 Å². The van der Waals surface area contributed by atoms with Crippen molar-refractivity contribution >= 4 is 5.91 Å². The standard InChI is InChI=1S/C16H17FN2O/c1-2-3-10-18-16(20)13-6-9-15(19-11-13)12-4-7-14(17)8-5-12/h4-9,11H,2-3,10H2,1H3,(H,18,20). The molecule has 1 aromatic carbocycles. The van der Waals surface area contributed by atoms with Crippen molar-refractivity contribution in [1.82, 2.24) is 10.3 Å². The average molecular weight is 272 g/mol. The topological polar surface area (TPSA) is 42.0 Å². The average Bonchev–Trinajstić information content (AvgIpc) is 2.48. The first-order chi connectivity index (χ1) is 9.70. The van der Waals surface area contributed by atoms with Crippen LogP contribution in [0.15, 0.2) is 42.6 Å². The molecule has 0 atom stereocenters. The molecule has 0 fully saturated rings. The molecule has 3 nitrogen and oxygen atoms in total. The van der Waals surface area contributed by atoms with Crippen molar-refractivity contribution in [3.05, 3.63) is 54.0 Å². The largest absolute Gasteiger partial charge is 0.352 e. The smallest absolute Gasteiger partial charge is 0.252 e. The predicted molar refractivity (Wildman–Crippen MR) is 76.9 cm³/mol. The van der Waals surface area contributed by atoms with Crippen LogP contribution < -0.4 is 5.32 Å². The van der Waals surface area contributed by atoms with Crippen LogP contribution in [0.5, 0.6) is 0 Å². The summed E-state index contributed by atoms with van der Waals surface area (Å²) in [4.78, 5) is 16.1. The van der Waals surface area contributed by atoms with Gasteiger partial charge in [0.25, 0.3) is 5.91 Å². The van der Waals surface area contributed by atoms with E-state index in [2.05, 4.69) is 17.2 Å². The molecule has 1 amide bonds. The van der Waals surface area contributed by atoms with Gasteiger partial charge in [0.2, 0.25) is 0 Å². The van der Waals surface area contributed by atoms with Crippen LogP contribution in [-0.4, -0.2) is 17.4 Å². The van der Waals surface area contributed by atoms with Gasteiger partial charge in [-0.2, -0.15) is 0 Å². The van der Waals surface area contributed by atoms with Gasteiger partial charge in [-0.05, 0) is 42.8 Å². The molecular formula is C16H17FN2O. The quantitative estimate of drug-likeness (QED) is 0.847. The third-order valence-electron chi connectivity index (χ3n) is 2.98. The van der Waals surface area contributed by atoms with Crippen LogP contribution in [0.1, 0.15) is 30.1 Å². The second-order valence-electron chi connectivity index (χ2n) is 4.55. The number of halogens is 1. The van der Waals surface area contributed by atoms with Gasteiger partial charge in [-0.25, -0.2) is 4.39 Å². The number of carbonyl (C=O) groups excluding carboxylic acids is 1. The number of nitrogens with one attached hydrogen (secondary N) is 1. The first-order valence-electron chi connectivity index (χ1n) is 6.71. The number of rotatable bonds is 5. The van der Waals surface area contributed by atoms with Crippen LogP contribution in [-0.2, 0) is 0 Å². The van der Waals surface area contributed by atoms with Crippen molar-refractivity contribution in [1.29, 1.82) is 0 Å². The van der Waals surface area contributed by atoms with Crippen molar-refractivity contribution in [2.24, 2.45) is 0 Å². The lowest BCUT2D eigenvalue weighted by Crippen LogP contribution is -2.24. The number of aromatic nitrogens is 1. The van der Waals surface area contributed by atoms with E-state index < -0.39 is 0 Å². The van der Waals surface area contributed by atoms with Gasteiger partial charge < -0.3 is 5.32 Å². The van der Waals surface area contributed by atoms with Crippen LogP contribution in [0.4, 0.5) is 4.39 Å². The molecule has 0 aliphatic carbocycles. The second-order valence-corrected chi connectivity index (χ2v) is 4.55. The zero-order valence-electron chi connectivity index (χ0n) is 11.4. The van der Waals surface area contributed by atoms with Crippen molar-refractivity contribution in [3.63, 3.8) is 0 Å². The summed E-state index contributed by atoms with van der Waals surface area (Å²) in [7, 11) is 0. The first-order valence-corrected chi connectivity index (χ1v) is 6.71. The van der Waals surface area contributed by atoms with Gasteiger partial charge in [0.15, 0.2) is 0 Å². The minimum absolute atomic E-state index is 0.114. The van der Waals surface area contributed by atoms with E-state index in [4.69, 9.17) is 0 Å². The van der Waals surface area contributed by atoms with E-state index in [1.807, 2.05) is 0 Å². The molecule has 2 aromatic rings. The molecule has 0 aliphatic rings. The van der Waals surface area contributed by atoms with E-state index >= 15 is 0 Å². The maximum atomic E-state index is 12.8. The van der Waals surface area contributed by atoms with Crippen LogP contribution in [0, 0.1) is 5.82 Å². The summed E-state index contributed by atoms with van der Waals surface area (Å²) in [6.45, 7) is 2.75. The summed E-state index contributed by atoms with van der Waals surface area (Å²) in [5.41, 5.74) is 2.08. The molecule has 4 heteroatoms. The minimum atomic E-state index is -0.277. The van der Waals surface area contributed by atoms with Crippen LogP contribution >= 0.6 is 0 Å². The molecular weight excluding hydrogens is 255 g/mol. The Kier molecular flexibility index (Phi) is 4.82. The molecule has 0 bridgehead atoms. The number of carbonyl (C=O) groups is 1. The maximum Gasteiger partial charge on any atom is 0.252 e. The molecule has 0 radical (unpaired) electrons. The van der Waals surface area contributed by atoms with Crippen molar-refractivity contribution < 1.29 is 9.18 Å². The Bertz CT molecular complexity index is 564. The van der Waals surface area contributed by atoms with Crippen LogP contribution in [0.3, 0.4) is 0 Å². The van der Waals surface area contributed by atoms with Crippen molar-refractivity contribution in [3.8, 4) is 11.3 Å². The lowest BCUT2D eigenvalue weighted by molar-refractivity contribution is 0.0953. The van der Waals surface area contributed by atoms with E-state index in [0.717, 1.165) is 24.1 Å². The number of benzene rings is 1. The predicted octanol–water partition coefficient (Wildman–Crippen LogP) is 3.42. The number of hydrogen-bond acceptors (Lipinski definition) is 2. The first kappa shape index (κ1) is 14.2. The summed E-state index contributed by atoms with van der Waals surface area (Å²) in [6.07, 6.45) is 3.55. The molecule has 1 heterocycles. The summed E-state index contributed by atoms with van der Waals surface area (Å²) in [5.74, 6) is -0.391. The molecule has 0 aliphatic heterocycles. The normalized spacial score (nSPS) is 10.3. The van der Waals surface area contributed by atoms with Gasteiger partial charge >= 0.3 is 0 Å². The Hall–Kier alpha value is -2.23. The summed E-state index contributed by atoms with van der Waals surface area (Å²) in [5, 5.41) is 2.84. The van der Waals surface area contributed by atoms with E-state index in [1.54, 1.807) is 30.5 Å². The highest BCUT2D eigenvalue weighted by atomic mass is 19.1. The maximum absolute atomic E-state index is 12.8. The monoisotopic (exact) mass is 272 g/mol. The van der Waals surface area contributed by atoms with Crippen molar-refractivity contribution in [2.75, 3.05) is 6.54 Å². The van der Waals surface area contributed by atoms with Gasteiger partial charge in [-0.15, -0.1) is 0 Å². The van der Waals surface area contributed by atoms with Gasteiger partial charge in [0, 0.05) is 18.3 Å². The van der Waals surface area contributed by atoms with Crippen LogP contribution in [0.2, 0.25) is 0 Å². The Balaban J connectivity index is 2.06. The molecule has 0 saturated heterocycles. The number of unbranched alkanes of at least 4 members (excludes halogenated alkanes) is 1. The highest BCUT2D eigenvalue weighted by Gasteiger charge is 2.06. The Morgan fingerprint density at radius 1 is 1.20 bits per heavy atom. The number of amides is 1. The molecule has 0 unspecified atom stereocenters. The van der Waals surface area contributed by atoms with Gasteiger partial charge in [0.05, 0.1) is 11.3 Å². The molecule has 1 N–H and O–H groups in total. The SMILES string of the molecule is CCCCNC(=O)c1ccc(-c2ccc(F)cc2)nc1. The third kappa shape index (κ3) is 3.63. The summed E-state index contributed by atoms with van der Waals surface area (Å²) < 4.78 is 12.8. The van der Waals surface area contributed by atoms with E-state index in [9.17, 15) is 9.18 Å².